The van der Waals surface area contributed by atoms with Crippen molar-refractivity contribution in [2.24, 2.45) is 11.7 Å². The molecule has 0 aromatic carbocycles. The van der Waals surface area contributed by atoms with Gasteiger partial charge in [-0.05, 0) is 12.3 Å². The summed E-state index contributed by atoms with van der Waals surface area (Å²) in [4.78, 5) is 0. The summed E-state index contributed by atoms with van der Waals surface area (Å²) in [5.41, 5.74) is 5.55. The molecule has 10 heavy (non-hydrogen) atoms. The topological polar surface area (TPSA) is 66.5 Å². The van der Waals surface area contributed by atoms with E-state index in [0.29, 0.717) is 6.42 Å². The highest BCUT2D eigenvalue weighted by Crippen LogP contribution is 2.10. The van der Waals surface area contributed by atoms with Crippen LogP contribution in [0.4, 0.5) is 0 Å². The SMILES string of the molecule is CCC(CCO)C(N)CO. The number of hydrogen-bond donors (Lipinski definition) is 3. The molecule has 0 radical (unpaired) electrons. The second kappa shape index (κ2) is 5.65. The fraction of sp³-hybridized carbons (Fsp3) is 1.00. The molecule has 0 amide bonds. The molecule has 0 aliphatic rings. The molecule has 0 aromatic heterocycles. The van der Waals surface area contributed by atoms with Gasteiger partial charge in [-0.1, -0.05) is 13.3 Å². The van der Waals surface area contributed by atoms with Crippen LogP contribution < -0.4 is 5.73 Å². The van der Waals surface area contributed by atoms with Crippen molar-refractivity contribution in [3.8, 4) is 0 Å². The maximum Gasteiger partial charge on any atom is 0.0585 e. The molecule has 2 atom stereocenters. The highest BCUT2D eigenvalue weighted by atomic mass is 16.3. The van der Waals surface area contributed by atoms with E-state index in [2.05, 4.69) is 0 Å². The minimum Gasteiger partial charge on any atom is -0.396 e. The first kappa shape index (κ1) is 9.88. The van der Waals surface area contributed by atoms with E-state index in [1.807, 2.05) is 6.92 Å². The van der Waals surface area contributed by atoms with Crippen LogP contribution in [0.5, 0.6) is 0 Å². The van der Waals surface area contributed by atoms with Gasteiger partial charge in [-0.15, -0.1) is 0 Å². The molecule has 62 valence electrons. The molecule has 0 aliphatic carbocycles. The first-order chi connectivity index (χ1) is 4.76. The highest BCUT2D eigenvalue weighted by Gasteiger charge is 2.13. The molecule has 0 rings (SSSR count). The molecule has 2 unspecified atom stereocenters. The maximum atomic E-state index is 8.66. The number of rotatable bonds is 5. The minimum atomic E-state index is -0.169. The Balaban J connectivity index is 3.56. The molecule has 0 saturated carbocycles. The van der Waals surface area contributed by atoms with Crippen molar-refractivity contribution in [2.75, 3.05) is 13.2 Å². The van der Waals surface area contributed by atoms with Gasteiger partial charge in [0.15, 0.2) is 0 Å². The quantitative estimate of drug-likeness (QED) is 0.501. The summed E-state index contributed by atoms with van der Waals surface area (Å²) < 4.78 is 0. The lowest BCUT2D eigenvalue weighted by Crippen LogP contribution is -2.33. The Bertz CT molecular complexity index is 78.0. The van der Waals surface area contributed by atoms with Crippen molar-refractivity contribution < 1.29 is 10.2 Å². The molecule has 3 heteroatoms. The normalized spacial score (nSPS) is 16.8. The predicted molar refractivity (Wildman–Crippen MR) is 40.5 cm³/mol. The zero-order valence-electron chi connectivity index (χ0n) is 6.45. The van der Waals surface area contributed by atoms with Crippen molar-refractivity contribution in [3.63, 3.8) is 0 Å². The molecule has 0 aliphatic heterocycles. The van der Waals surface area contributed by atoms with Crippen LogP contribution in [0.1, 0.15) is 19.8 Å². The summed E-state index contributed by atoms with van der Waals surface area (Å²) in [6.45, 7) is 2.18. The molecular weight excluding hydrogens is 130 g/mol. The zero-order chi connectivity index (χ0) is 7.98. The van der Waals surface area contributed by atoms with Gasteiger partial charge in [0.25, 0.3) is 0 Å². The predicted octanol–water partition coefficient (Wildman–Crippen LogP) is -0.285. The summed E-state index contributed by atoms with van der Waals surface area (Å²) in [6.07, 6.45) is 1.61. The van der Waals surface area contributed by atoms with Crippen LogP contribution in [0, 0.1) is 5.92 Å². The van der Waals surface area contributed by atoms with E-state index >= 15 is 0 Å². The molecule has 0 spiro atoms. The van der Waals surface area contributed by atoms with Crippen LogP contribution in [0.3, 0.4) is 0 Å². The van der Waals surface area contributed by atoms with Gasteiger partial charge in [-0.25, -0.2) is 0 Å². The number of hydrogen-bond acceptors (Lipinski definition) is 3. The van der Waals surface area contributed by atoms with Crippen molar-refractivity contribution in [1.29, 1.82) is 0 Å². The lowest BCUT2D eigenvalue weighted by atomic mass is 9.95. The molecule has 0 bridgehead atoms. The smallest absolute Gasteiger partial charge is 0.0585 e. The zero-order valence-corrected chi connectivity index (χ0v) is 6.45. The molecule has 0 heterocycles. The summed E-state index contributed by atoms with van der Waals surface area (Å²) in [5, 5.41) is 17.2. The van der Waals surface area contributed by atoms with Gasteiger partial charge in [0.05, 0.1) is 6.61 Å². The van der Waals surface area contributed by atoms with E-state index < -0.39 is 0 Å². The Kier molecular flexibility index (Phi) is 5.58. The number of aliphatic hydroxyl groups excluding tert-OH is 2. The van der Waals surface area contributed by atoms with Gasteiger partial charge in [0.1, 0.15) is 0 Å². The van der Waals surface area contributed by atoms with E-state index in [1.54, 1.807) is 0 Å². The van der Waals surface area contributed by atoms with Gasteiger partial charge in [-0.3, -0.25) is 0 Å². The van der Waals surface area contributed by atoms with E-state index in [1.165, 1.54) is 0 Å². The fourth-order valence-corrected chi connectivity index (χ4v) is 1.04. The number of nitrogens with two attached hydrogens (primary N) is 1. The standard InChI is InChI=1S/C7H17NO2/c1-2-6(3-4-9)7(8)5-10/h6-7,9-10H,2-5,8H2,1H3. The number of aliphatic hydroxyl groups is 2. The van der Waals surface area contributed by atoms with E-state index in [-0.39, 0.29) is 25.2 Å². The molecular formula is C7H17NO2. The van der Waals surface area contributed by atoms with Crippen LogP contribution in [0.25, 0.3) is 0 Å². The lowest BCUT2D eigenvalue weighted by Gasteiger charge is -2.18. The Morgan fingerprint density at radius 2 is 2.00 bits per heavy atom. The summed E-state index contributed by atoms with van der Waals surface area (Å²) >= 11 is 0. The maximum absolute atomic E-state index is 8.66. The van der Waals surface area contributed by atoms with Crippen LogP contribution >= 0.6 is 0 Å². The second-order valence-electron chi connectivity index (χ2n) is 2.53. The Labute approximate surface area is 61.9 Å². The van der Waals surface area contributed by atoms with Gasteiger partial charge in [-0.2, -0.15) is 0 Å². The Hall–Kier alpha value is -0.120. The monoisotopic (exact) mass is 147 g/mol. The van der Waals surface area contributed by atoms with E-state index in [9.17, 15) is 0 Å². The lowest BCUT2D eigenvalue weighted by molar-refractivity contribution is 0.189. The van der Waals surface area contributed by atoms with Crippen LogP contribution in [-0.4, -0.2) is 29.5 Å². The summed E-state index contributed by atoms with van der Waals surface area (Å²) in [7, 11) is 0. The van der Waals surface area contributed by atoms with Crippen molar-refractivity contribution in [3.05, 3.63) is 0 Å². The minimum absolute atomic E-state index is 0.0124. The molecule has 3 nitrogen and oxygen atoms in total. The summed E-state index contributed by atoms with van der Waals surface area (Å²) in [5.74, 6) is 0.259. The third-order valence-electron chi connectivity index (χ3n) is 1.84. The fourth-order valence-electron chi connectivity index (χ4n) is 1.04. The highest BCUT2D eigenvalue weighted by molar-refractivity contribution is 4.69. The molecule has 0 aromatic rings. The third kappa shape index (κ3) is 3.15. The van der Waals surface area contributed by atoms with Crippen LogP contribution in [0.15, 0.2) is 0 Å². The first-order valence-electron chi connectivity index (χ1n) is 3.73. The van der Waals surface area contributed by atoms with Crippen LogP contribution in [0.2, 0.25) is 0 Å². The molecule has 4 N–H and O–H groups in total. The molecule has 0 fully saturated rings. The third-order valence-corrected chi connectivity index (χ3v) is 1.84. The Morgan fingerprint density at radius 3 is 2.30 bits per heavy atom. The van der Waals surface area contributed by atoms with Crippen molar-refractivity contribution in [2.45, 2.75) is 25.8 Å². The Morgan fingerprint density at radius 1 is 1.40 bits per heavy atom. The van der Waals surface area contributed by atoms with Gasteiger partial charge >= 0.3 is 0 Å². The largest absolute Gasteiger partial charge is 0.396 e. The van der Waals surface area contributed by atoms with Gasteiger partial charge in [0, 0.05) is 12.6 Å². The first-order valence-corrected chi connectivity index (χ1v) is 3.73. The van der Waals surface area contributed by atoms with E-state index in [0.717, 1.165) is 6.42 Å². The average Bonchev–Trinajstić information content (AvgIpc) is 1.99. The molecule has 0 saturated heterocycles. The van der Waals surface area contributed by atoms with Crippen LogP contribution in [-0.2, 0) is 0 Å². The average molecular weight is 147 g/mol. The summed E-state index contributed by atoms with van der Waals surface area (Å²) in [6, 6.07) is -0.169. The van der Waals surface area contributed by atoms with E-state index in [4.69, 9.17) is 15.9 Å². The van der Waals surface area contributed by atoms with Crippen molar-refractivity contribution >= 4 is 0 Å². The van der Waals surface area contributed by atoms with Gasteiger partial charge in [0.2, 0.25) is 0 Å². The second-order valence-corrected chi connectivity index (χ2v) is 2.53. The van der Waals surface area contributed by atoms with Crippen molar-refractivity contribution in [1.82, 2.24) is 0 Å². The van der Waals surface area contributed by atoms with Gasteiger partial charge < -0.3 is 15.9 Å².